The van der Waals surface area contributed by atoms with Crippen molar-refractivity contribution in [1.29, 1.82) is 0 Å². The first-order chi connectivity index (χ1) is 13.8. The SMILES string of the molecule is [O]c1c(-c2ccccc2)c(-c2ccccc2)cc2nc(-c3ccccc3)sc12. The van der Waals surface area contributed by atoms with Gasteiger partial charge in [0.2, 0.25) is 5.75 Å². The Morgan fingerprint density at radius 3 is 1.79 bits per heavy atom. The van der Waals surface area contributed by atoms with Gasteiger partial charge in [0.1, 0.15) is 9.71 Å². The molecule has 1 radical (unpaired) electrons. The maximum Gasteiger partial charge on any atom is 0.206 e. The second-order valence-corrected chi connectivity index (χ2v) is 7.59. The summed E-state index contributed by atoms with van der Waals surface area (Å²) in [4.78, 5) is 4.78. The van der Waals surface area contributed by atoms with E-state index in [0.29, 0.717) is 4.70 Å². The maximum absolute atomic E-state index is 13.5. The topological polar surface area (TPSA) is 32.8 Å². The third kappa shape index (κ3) is 2.86. The molecule has 5 aromatic rings. The number of nitrogens with zero attached hydrogens (tertiary/aromatic N) is 1. The van der Waals surface area contributed by atoms with Gasteiger partial charge >= 0.3 is 0 Å². The minimum Gasteiger partial charge on any atom is -0.288 e. The van der Waals surface area contributed by atoms with Gasteiger partial charge in [-0.05, 0) is 22.8 Å². The molecule has 0 bridgehead atoms. The number of aromatic nitrogens is 1. The zero-order valence-corrected chi connectivity index (χ0v) is 15.8. The second-order valence-electron chi connectivity index (χ2n) is 6.59. The van der Waals surface area contributed by atoms with Crippen molar-refractivity contribution in [1.82, 2.24) is 4.98 Å². The molecule has 1 heterocycles. The Morgan fingerprint density at radius 2 is 1.18 bits per heavy atom. The van der Waals surface area contributed by atoms with Crippen LogP contribution in [-0.2, 0) is 5.11 Å². The van der Waals surface area contributed by atoms with Crippen molar-refractivity contribution in [3.63, 3.8) is 0 Å². The van der Waals surface area contributed by atoms with Crippen LogP contribution in [0, 0.1) is 0 Å². The molecule has 0 atom stereocenters. The summed E-state index contributed by atoms with van der Waals surface area (Å²) >= 11 is 1.47. The van der Waals surface area contributed by atoms with Crippen LogP contribution in [0.1, 0.15) is 0 Å². The molecule has 0 spiro atoms. The molecule has 0 aliphatic rings. The summed E-state index contributed by atoms with van der Waals surface area (Å²) < 4.78 is 0.706. The molecule has 0 aliphatic heterocycles. The van der Waals surface area contributed by atoms with E-state index < -0.39 is 0 Å². The number of benzene rings is 4. The van der Waals surface area contributed by atoms with E-state index in [9.17, 15) is 5.11 Å². The lowest BCUT2D eigenvalue weighted by molar-refractivity contribution is 0.363. The lowest BCUT2D eigenvalue weighted by atomic mass is 9.93. The lowest BCUT2D eigenvalue weighted by Crippen LogP contribution is -1.87. The normalized spacial score (nSPS) is 11.0. The van der Waals surface area contributed by atoms with E-state index in [1.165, 1.54) is 11.3 Å². The fraction of sp³-hybridized carbons (Fsp3) is 0. The van der Waals surface area contributed by atoms with Crippen LogP contribution in [0.4, 0.5) is 0 Å². The maximum atomic E-state index is 13.5. The van der Waals surface area contributed by atoms with Crippen molar-refractivity contribution in [2.24, 2.45) is 0 Å². The van der Waals surface area contributed by atoms with Crippen LogP contribution in [0.2, 0.25) is 0 Å². The van der Waals surface area contributed by atoms with Gasteiger partial charge in [-0.25, -0.2) is 4.98 Å². The molecular weight excluding hydrogens is 362 g/mol. The van der Waals surface area contributed by atoms with Crippen molar-refractivity contribution >= 4 is 21.6 Å². The zero-order valence-electron chi connectivity index (χ0n) is 15.0. The monoisotopic (exact) mass is 378 g/mol. The fourth-order valence-electron chi connectivity index (χ4n) is 3.48. The van der Waals surface area contributed by atoms with Crippen LogP contribution in [0.3, 0.4) is 0 Å². The number of hydrogen-bond acceptors (Lipinski definition) is 2. The van der Waals surface area contributed by atoms with E-state index >= 15 is 0 Å². The van der Waals surface area contributed by atoms with Crippen molar-refractivity contribution in [3.8, 4) is 38.6 Å². The predicted octanol–water partition coefficient (Wildman–Crippen LogP) is 7.44. The number of hydrogen-bond donors (Lipinski definition) is 0. The van der Waals surface area contributed by atoms with Crippen LogP contribution < -0.4 is 0 Å². The average Bonchev–Trinajstić information content (AvgIpc) is 3.20. The van der Waals surface area contributed by atoms with Crippen LogP contribution in [0.5, 0.6) is 5.75 Å². The van der Waals surface area contributed by atoms with Crippen LogP contribution in [0.25, 0.3) is 43.0 Å². The predicted molar refractivity (Wildman–Crippen MR) is 116 cm³/mol. The largest absolute Gasteiger partial charge is 0.288 e. The lowest BCUT2D eigenvalue weighted by Gasteiger charge is -2.11. The third-order valence-corrected chi connectivity index (χ3v) is 5.92. The third-order valence-electron chi connectivity index (χ3n) is 4.81. The Hall–Kier alpha value is -3.43. The highest BCUT2D eigenvalue weighted by atomic mass is 32.1. The van der Waals surface area contributed by atoms with Gasteiger partial charge in [0.05, 0.1) is 5.52 Å². The first-order valence-electron chi connectivity index (χ1n) is 9.12. The molecule has 0 N–H and O–H groups in total. The van der Waals surface area contributed by atoms with Gasteiger partial charge in [-0.1, -0.05) is 91.0 Å². The van der Waals surface area contributed by atoms with Gasteiger partial charge < -0.3 is 0 Å². The molecule has 28 heavy (non-hydrogen) atoms. The van der Waals surface area contributed by atoms with Crippen LogP contribution in [0.15, 0.2) is 97.1 Å². The minimum absolute atomic E-state index is 0.0437. The summed E-state index contributed by atoms with van der Waals surface area (Å²) in [6, 6.07) is 32.0. The molecule has 0 fully saturated rings. The average molecular weight is 378 g/mol. The van der Waals surface area contributed by atoms with Crippen molar-refractivity contribution in [3.05, 3.63) is 97.1 Å². The van der Waals surface area contributed by atoms with Crippen LogP contribution >= 0.6 is 11.3 Å². The summed E-state index contributed by atoms with van der Waals surface area (Å²) in [5, 5.41) is 14.4. The smallest absolute Gasteiger partial charge is 0.206 e. The summed E-state index contributed by atoms with van der Waals surface area (Å²) in [5.41, 5.74) is 5.41. The van der Waals surface area contributed by atoms with E-state index in [1.54, 1.807) is 0 Å². The highest BCUT2D eigenvalue weighted by molar-refractivity contribution is 7.22. The Labute approximate surface area is 167 Å². The van der Waals surface area contributed by atoms with Gasteiger partial charge in [0.25, 0.3) is 0 Å². The molecule has 5 rings (SSSR count). The van der Waals surface area contributed by atoms with Gasteiger partial charge in [0, 0.05) is 11.1 Å². The molecule has 4 aromatic carbocycles. The zero-order chi connectivity index (χ0) is 18.9. The summed E-state index contributed by atoms with van der Waals surface area (Å²) in [7, 11) is 0. The van der Waals surface area contributed by atoms with Crippen molar-refractivity contribution in [2.75, 3.05) is 0 Å². The summed E-state index contributed by atoms with van der Waals surface area (Å²) in [6.45, 7) is 0. The second kappa shape index (κ2) is 6.95. The molecule has 1 aromatic heterocycles. The molecule has 0 saturated heterocycles. The summed E-state index contributed by atoms with van der Waals surface area (Å²) in [6.07, 6.45) is 0. The Morgan fingerprint density at radius 1 is 0.643 bits per heavy atom. The Bertz CT molecular complexity index is 1250. The number of rotatable bonds is 3. The molecule has 133 valence electrons. The van der Waals surface area contributed by atoms with E-state index in [0.717, 1.165) is 38.3 Å². The molecule has 0 saturated carbocycles. The molecule has 2 nitrogen and oxygen atoms in total. The van der Waals surface area contributed by atoms with Crippen molar-refractivity contribution in [2.45, 2.75) is 0 Å². The van der Waals surface area contributed by atoms with Crippen molar-refractivity contribution < 1.29 is 5.11 Å². The Kier molecular flexibility index (Phi) is 4.15. The first-order valence-corrected chi connectivity index (χ1v) is 9.94. The van der Waals surface area contributed by atoms with E-state index in [1.807, 2.05) is 91.0 Å². The van der Waals surface area contributed by atoms with Crippen LogP contribution in [-0.4, -0.2) is 4.98 Å². The first kappa shape index (κ1) is 16.7. The molecule has 0 aliphatic carbocycles. The van der Waals surface area contributed by atoms with E-state index in [-0.39, 0.29) is 5.75 Å². The number of thiazole rings is 1. The van der Waals surface area contributed by atoms with Gasteiger partial charge in [0.15, 0.2) is 0 Å². The van der Waals surface area contributed by atoms with Gasteiger partial charge in [-0.15, -0.1) is 11.3 Å². The molecule has 0 amide bonds. The summed E-state index contributed by atoms with van der Waals surface area (Å²) in [5.74, 6) is 0.0437. The van der Waals surface area contributed by atoms with E-state index in [2.05, 4.69) is 6.07 Å². The highest BCUT2D eigenvalue weighted by Gasteiger charge is 2.20. The van der Waals surface area contributed by atoms with E-state index in [4.69, 9.17) is 4.98 Å². The standard InChI is InChI=1S/C25H16NOS/c27-23-22(18-12-6-2-7-13-18)20(17-10-4-1-5-11-17)16-21-24(23)28-25(26-21)19-14-8-3-9-15-19/h1-16H. The minimum atomic E-state index is 0.0437. The van der Waals surface area contributed by atoms with Gasteiger partial charge in [-0.2, -0.15) is 0 Å². The number of fused-ring (bicyclic) bond motifs is 1. The molecule has 3 heteroatoms. The molecular formula is C25H16NOS. The quantitative estimate of drug-likeness (QED) is 0.321. The highest BCUT2D eigenvalue weighted by Crippen LogP contribution is 2.46. The molecule has 0 unspecified atom stereocenters. The Balaban J connectivity index is 1.81. The fourth-order valence-corrected chi connectivity index (χ4v) is 4.47. The van der Waals surface area contributed by atoms with Gasteiger partial charge in [-0.3, -0.25) is 5.11 Å².